The van der Waals surface area contributed by atoms with Crippen LogP contribution < -0.4 is 5.32 Å². The van der Waals surface area contributed by atoms with Crippen LogP contribution in [0.4, 0.5) is 5.82 Å². The number of anilines is 1. The molecule has 1 aromatic heterocycles. The molecule has 0 aliphatic carbocycles. The van der Waals surface area contributed by atoms with Gasteiger partial charge in [-0.15, -0.1) is 0 Å². The van der Waals surface area contributed by atoms with Crippen molar-refractivity contribution < 1.29 is 4.79 Å². The first-order valence-electron chi connectivity index (χ1n) is 5.83. The SMILES string of the molecule is CCCc1cc(NC(C)C(=O)N(C)C)ncn1. The van der Waals surface area contributed by atoms with Crippen molar-refractivity contribution in [3.63, 3.8) is 0 Å². The smallest absolute Gasteiger partial charge is 0.244 e. The van der Waals surface area contributed by atoms with E-state index in [0.717, 1.165) is 18.5 Å². The molecule has 0 fully saturated rings. The van der Waals surface area contributed by atoms with Gasteiger partial charge in [0.2, 0.25) is 5.91 Å². The van der Waals surface area contributed by atoms with Gasteiger partial charge in [-0.05, 0) is 13.3 Å². The lowest BCUT2D eigenvalue weighted by Crippen LogP contribution is -2.36. The molecule has 94 valence electrons. The molecule has 1 aromatic rings. The second-order valence-electron chi connectivity index (χ2n) is 4.24. The van der Waals surface area contributed by atoms with E-state index in [0.29, 0.717) is 5.82 Å². The van der Waals surface area contributed by atoms with Gasteiger partial charge in [-0.1, -0.05) is 13.3 Å². The van der Waals surface area contributed by atoms with E-state index in [-0.39, 0.29) is 11.9 Å². The summed E-state index contributed by atoms with van der Waals surface area (Å²) < 4.78 is 0. The van der Waals surface area contributed by atoms with Crippen LogP contribution in [0.2, 0.25) is 0 Å². The van der Waals surface area contributed by atoms with Gasteiger partial charge in [-0.25, -0.2) is 9.97 Å². The number of carbonyl (C=O) groups is 1. The fourth-order valence-electron chi connectivity index (χ4n) is 1.54. The fourth-order valence-corrected chi connectivity index (χ4v) is 1.54. The molecule has 0 bridgehead atoms. The topological polar surface area (TPSA) is 58.1 Å². The Balaban J connectivity index is 2.68. The number of rotatable bonds is 5. The van der Waals surface area contributed by atoms with Crippen LogP contribution in [-0.2, 0) is 11.2 Å². The standard InChI is InChI=1S/C12H20N4O/c1-5-6-10-7-11(14-8-13-10)15-9(2)12(17)16(3)4/h7-9H,5-6H2,1-4H3,(H,13,14,15). The maximum Gasteiger partial charge on any atom is 0.244 e. The lowest BCUT2D eigenvalue weighted by molar-refractivity contribution is -0.129. The summed E-state index contributed by atoms with van der Waals surface area (Å²) in [6, 6.07) is 1.61. The minimum atomic E-state index is -0.283. The Labute approximate surface area is 102 Å². The third-order valence-corrected chi connectivity index (χ3v) is 2.41. The molecule has 0 radical (unpaired) electrons. The first-order valence-corrected chi connectivity index (χ1v) is 5.83. The largest absolute Gasteiger partial charge is 0.359 e. The summed E-state index contributed by atoms with van der Waals surface area (Å²) >= 11 is 0. The number of aromatic nitrogens is 2. The second-order valence-corrected chi connectivity index (χ2v) is 4.24. The number of amides is 1. The van der Waals surface area contributed by atoms with Crippen molar-refractivity contribution in [2.45, 2.75) is 32.7 Å². The number of nitrogens with zero attached hydrogens (tertiary/aromatic N) is 3. The van der Waals surface area contributed by atoms with Crippen molar-refractivity contribution in [3.8, 4) is 0 Å². The highest BCUT2D eigenvalue weighted by Crippen LogP contribution is 2.08. The predicted molar refractivity (Wildman–Crippen MR) is 67.8 cm³/mol. The minimum Gasteiger partial charge on any atom is -0.359 e. The van der Waals surface area contributed by atoms with Crippen LogP contribution in [0.25, 0.3) is 0 Å². The molecule has 1 amide bonds. The minimum absolute atomic E-state index is 0.0284. The summed E-state index contributed by atoms with van der Waals surface area (Å²) in [6.07, 6.45) is 3.50. The zero-order chi connectivity index (χ0) is 12.8. The molecule has 1 N–H and O–H groups in total. The maximum atomic E-state index is 11.7. The summed E-state index contributed by atoms with van der Waals surface area (Å²) in [5.74, 6) is 0.729. The molecule has 0 aliphatic heterocycles. The van der Waals surface area contributed by atoms with Crippen molar-refractivity contribution in [2.75, 3.05) is 19.4 Å². The number of likely N-dealkylation sites (N-methyl/N-ethyl adjacent to an activating group) is 1. The molecule has 1 rings (SSSR count). The van der Waals surface area contributed by atoms with Gasteiger partial charge in [-0.2, -0.15) is 0 Å². The number of carbonyl (C=O) groups excluding carboxylic acids is 1. The Morgan fingerprint density at radius 3 is 2.76 bits per heavy atom. The summed E-state index contributed by atoms with van der Waals surface area (Å²) in [7, 11) is 3.48. The van der Waals surface area contributed by atoms with Gasteiger partial charge in [0.15, 0.2) is 0 Å². The number of nitrogens with one attached hydrogen (secondary N) is 1. The van der Waals surface area contributed by atoms with Crippen LogP contribution >= 0.6 is 0 Å². The van der Waals surface area contributed by atoms with Gasteiger partial charge in [0, 0.05) is 25.9 Å². The average molecular weight is 236 g/mol. The van der Waals surface area contributed by atoms with Crippen LogP contribution in [-0.4, -0.2) is 40.9 Å². The maximum absolute atomic E-state index is 11.7. The molecule has 0 aromatic carbocycles. The highest BCUT2D eigenvalue weighted by Gasteiger charge is 2.14. The lowest BCUT2D eigenvalue weighted by Gasteiger charge is -2.18. The summed E-state index contributed by atoms with van der Waals surface area (Å²) in [6.45, 7) is 3.93. The van der Waals surface area contributed by atoms with Gasteiger partial charge < -0.3 is 10.2 Å². The summed E-state index contributed by atoms with van der Waals surface area (Å²) in [5.41, 5.74) is 0.995. The zero-order valence-electron chi connectivity index (χ0n) is 10.9. The Kier molecular flexibility index (Phi) is 4.87. The Morgan fingerprint density at radius 1 is 1.47 bits per heavy atom. The second kappa shape index (κ2) is 6.18. The van der Waals surface area contributed by atoms with Crippen LogP contribution in [0.15, 0.2) is 12.4 Å². The summed E-state index contributed by atoms with van der Waals surface area (Å²) in [4.78, 5) is 21.5. The average Bonchev–Trinajstić information content (AvgIpc) is 2.28. The van der Waals surface area contributed by atoms with Crippen LogP contribution in [0.5, 0.6) is 0 Å². The quantitative estimate of drug-likeness (QED) is 0.837. The highest BCUT2D eigenvalue weighted by molar-refractivity contribution is 5.83. The monoisotopic (exact) mass is 236 g/mol. The molecule has 1 heterocycles. The molecule has 1 unspecified atom stereocenters. The number of hydrogen-bond donors (Lipinski definition) is 1. The first kappa shape index (κ1) is 13.4. The van der Waals surface area contributed by atoms with E-state index in [1.165, 1.54) is 6.33 Å². The van der Waals surface area contributed by atoms with Crippen molar-refractivity contribution >= 4 is 11.7 Å². The molecule has 5 nitrogen and oxygen atoms in total. The van der Waals surface area contributed by atoms with E-state index in [9.17, 15) is 4.79 Å². The molecule has 17 heavy (non-hydrogen) atoms. The highest BCUT2D eigenvalue weighted by atomic mass is 16.2. The van der Waals surface area contributed by atoms with E-state index in [1.807, 2.05) is 13.0 Å². The van der Waals surface area contributed by atoms with Gasteiger partial charge in [0.25, 0.3) is 0 Å². The molecule has 5 heteroatoms. The molecule has 1 atom stereocenters. The fraction of sp³-hybridized carbons (Fsp3) is 0.583. The predicted octanol–water partition coefficient (Wildman–Crippen LogP) is 1.32. The van der Waals surface area contributed by atoms with E-state index in [2.05, 4.69) is 22.2 Å². The number of aryl methyl sites for hydroxylation is 1. The van der Waals surface area contributed by atoms with E-state index >= 15 is 0 Å². The molecule has 0 spiro atoms. The van der Waals surface area contributed by atoms with E-state index in [1.54, 1.807) is 19.0 Å². The summed E-state index contributed by atoms with van der Waals surface area (Å²) in [5, 5.41) is 3.08. The molecule has 0 aliphatic rings. The van der Waals surface area contributed by atoms with E-state index in [4.69, 9.17) is 0 Å². The van der Waals surface area contributed by atoms with Gasteiger partial charge in [0.1, 0.15) is 18.2 Å². The Morgan fingerprint density at radius 2 is 2.18 bits per heavy atom. The van der Waals surface area contributed by atoms with Crippen molar-refractivity contribution in [1.82, 2.24) is 14.9 Å². The molecule has 0 saturated heterocycles. The normalized spacial score (nSPS) is 12.0. The molecular formula is C12H20N4O. The van der Waals surface area contributed by atoms with Crippen LogP contribution in [0, 0.1) is 0 Å². The Bertz CT molecular complexity index is 379. The van der Waals surface area contributed by atoms with Crippen LogP contribution in [0.1, 0.15) is 26.0 Å². The molecule has 0 saturated carbocycles. The van der Waals surface area contributed by atoms with E-state index < -0.39 is 0 Å². The first-order chi connectivity index (χ1) is 8.04. The van der Waals surface area contributed by atoms with Gasteiger partial charge in [0.05, 0.1) is 0 Å². The molecular weight excluding hydrogens is 216 g/mol. The van der Waals surface area contributed by atoms with Crippen LogP contribution in [0.3, 0.4) is 0 Å². The van der Waals surface area contributed by atoms with Crippen molar-refractivity contribution in [1.29, 1.82) is 0 Å². The third-order valence-electron chi connectivity index (χ3n) is 2.41. The Hall–Kier alpha value is -1.65. The van der Waals surface area contributed by atoms with Crippen molar-refractivity contribution in [2.24, 2.45) is 0 Å². The van der Waals surface area contributed by atoms with Gasteiger partial charge in [-0.3, -0.25) is 4.79 Å². The lowest BCUT2D eigenvalue weighted by atomic mass is 10.2. The van der Waals surface area contributed by atoms with Crippen molar-refractivity contribution in [3.05, 3.63) is 18.1 Å². The number of hydrogen-bond acceptors (Lipinski definition) is 4. The van der Waals surface area contributed by atoms with Gasteiger partial charge >= 0.3 is 0 Å². The zero-order valence-corrected chi connectivity index (χ0v) is 10.9. The third kappa shape index (κ3) is 4.01.